The third kappa shape index (κ3) is 6.25. The number of hydrogen-bond donors (Lipinski definition) is 4. The molecule has 8 rings (SSSR count). The maximum Gasteiger partial charge on any atom is 0.263 e. The lowest BCUT2D eigenvalue weighted by atomic mass is 9.82. The minimum atomic E-state index is -1.06. The van der Waals surface area contributed by atoms with Crippen molar-refractivity contribution in [3.63, 3.8) is 0 Å². The molecule has 4 aliphatic rings. The molecule has 1 unspecified atom stereocenters. The number of piperidine rings is 1. The molecule has 2 saturated heterocycles. The largest absolute Gasteiger partial charge is 0.394 e. The fraction of sp³-hybridized carbons (Fsp3) is 0.282. The van der Waals surface area contributed by atoms with Crippen molar-refractivity contribution in [1.82, 2.24) is 20.1 Å². The van der Waals surface area contributed by atoms with Gasteiger partial charge in [0.1, 0.15) is 6.04 Å². The van der Waals surface area contributed by atoms with Crippen LogP contribution >= 0.6 is 11.8 Å². The van der Waals surface area contributed by atoms with Crippen molar-refractivity contribution in [1.29, 1.82) is 0 Å². The Morgan fingerprint density at radius 2 is 1.75 bits per heavy atom. The van der Waals surface area contributed by atoms with Crippen LogP contribution in [0.3, 0.4) is 0 Å². The molecule has 0 bridgehead atoms. The Labute approximate surface area is 304 Å². The van der Waals surface area contributed by atoms with Gasteiger partial charge in [-0.1, -0.05) is 24.3 Å². The molecule has 4 aliphatic heterocycles. The first kappa shape index (κ1) is 33.8. The standard InChI is InChI=1S/C39H36N6O6S/c46-20-30-26-13-16-44(19-22-11-14-40-15-12-22)36(26)28-18-24(7-8-29(28)42-30)23-3-1-4-25(17-23)41-34(48)21-52-32-6-2-5-27-35(32)39(51)45(38(27)50)31-9-10-33(47)43-37(31)49/h1-8,11-12,14-15,17-18,26,30-31,36,42,46H,9-10,13,16,19-21H2,(H,41,48)(H,43,47,49)/t26-,30-,31?,36-/m1/s1. The van der Waals surface area contributed by atoms with E-state index in [0.717, 1.165) is 53.0 Å². The number of fused-ring (bicyclic) bond motifs is 4. The van der Waals surface area contributed by atoms with Gasteiger partial charge in [-0.3, -0.25) is 44.1 Å². The highest BCUT2D eigenvalue weighted by Crippen LogP contribution is 2.48. The molecule has 0 radical (unpaired) electrons. The highest BCUT2D eigenvalue weighted by molar-refractivity contribution is 8.00. The lowest BCUT2D eigenvalue weighted by Gasteiger charge is -2.39. The number of aromatic nitrogens is 1. The first-order valence-corrected chi connectivity index (χ1v) is 18.3. The Kier molecular flexibility index (Phi) is 9.08. The van der Waals surface area contributed by atoms with E-state index in [0.29, 0.717) is 10.6 Å². The van der Waals surface area contributed by atoms with Crippen LogP contribution in [0.2, 0.25) is 0 Å². The smallest absolute Gasteiger partial charge is 0.263 e. The number of carbonyl (C=O) groups is 5. The number of aliphatic hydroxyl groups is 1. The molecule has 4 N–H and O–H groups in total. The number of hydrogen-bond acceptors (Lipinski definition) is 10. The van der Waals surface area contributed by atoms with E-state index < -0.39 is 29.7 Å². The lowest BCUT2D eigenvalue weighted by Crippen LogP contribution is -2.54. The third-order valence-electron chi connectivity index (χ3n) is 10.4. The number of imide groups is 2. The minimum absolute atomic E-state index is 0.0204. The second-order valence-corrected chi connectivity index (χ2v) is 14.5. The van der Waals surface area contributed by atoms with E-state index in [9.17, 15) is 29.1 Å². The molecule has 5 heterocycles. The monoisotopic (exact) mass is 716 g/mol. The second kappa shape index (κ2) is 14.0. The van der Waals surface area contributed by atoms with Crippen molar-refractivity contribution in [2.45, 2.75) is 48.8 Å². The van der Waals surface area contributed by atoms with E-state index in [1.54, 1.807) is 12.1 Å². The number of thioether (sulfide) groups is 1. The van der Waals surface area contributed by atoms with Crippen molar-refractivity contribution in [2.75, 3.05) is 29.5 Å². The number of carbonyl (C=O) groups excluding carboxylic acids is 5. The molecule has 12 nitrogen and oxygen atoms in total. The number of likely N-dealkylation sites (tertiary alicyclic amines) is 1. The second-order valence-electron chi connectivity index (χ2n) is 13.5. The summed E-state index contributed by atoms with van der Waals surface area (Å²) in [7, 11) is 0. The Bertz CT molecular complexity index is 2110. The van der Waals surface area contributed by atoms with Crippen LogP contribution in [0.5, 0.6) is 0 Å². The van der Waals surface area contributed by atoms with E-state index in [-0.39, 0.29) is 60.2 Å². The predicted molar refractivity (Wildman–Crippen MR) is 194 cm³/mol. The topological polar surface area (TPSA) is 161 Å². The minimum Gasteiger partial charge on any atom is -0.394 e. The summed E-state index contributed by atoms with van der Waals surface area (Å²) in [4.78, 5) is 72.0. The van der Waals surface area contributed by atoms with E-state index in [1.165, 1.54) is 17.2 Å². The molecule has 52 heavy (non-hydrogen) atoms. The summed E-state index contributed by atoms with van der Waals surface area (Å²) < 4.78 is 0. The zero-order valence-electron chi connectivity index (χ0n) is 28.1. The summed E-state index contributed by atoms with van der Waals surface area (Å²) in [5, 5.41) is 19.0. The van der Waals surface area contributed by atoms with Gasteiger partial charge in [-0.15, -0.1) is 11.8 Å². The van der Waals surface area contributed by atoms with Crippen molar-refractivity contribution in [2.24, 2.45) is 5.92 Å². The predicted octanol–water partition coefficient (Wildman–Crippen LogP) is 4.23. The van der Waals surface area contributed by atoms with Crippen LogP contribution in [0.1, 0.15) is 57.1 Å². The van der Waals surface area contributed by atoms with Crippen molar-refractivity contribution >= 4 is 52.7 Å². The number of benzene rings is 3. The molecule has 3 aromatic carbocycles. The Morgan fingerprint density at radius 1 is 0.942 bits per heavy atom. The quantitative estimate of drug-likeness (QED) is 0.146. The summed E-state index contributed by atoms with van der Waals surface area (Å²) in [6.45, 7) is 1.78. The molecule has 1 aromatic heterocycles. The summed E-state index contributed by atoms with van der Waals surface area (Å²) in [5.74, 6) is -2.35. The van der Waals surface area contributed by atoms with Crippen molar-refractivity contribution in [3.8, 4) is 11.1 Å². The molecule has 0 spiro atoms. The maximum absolute atomic E-state index is 13.5. The van der Waals surface area contributed by atoms with E-state index in [4.69, 9.17) is 0 Å². The van der Waals surface area contributed by atoms with Gasteiger partial charge in [0.15, 0.2) is 0 Å². The van der Waals surface area contributed by atoms with Gasteiger partial charge in [0.2, 0.25) is 17.7 Å². The molecular weight excluding hydrogens is 681 g/mol. The van der Waals surface area contributed by atoms with E-state index in [2.05, 4.69) is 38.0 Å². The molecular formula is C39H36N6O6S. The van der Waals surface area contributed by atoms with Gasteiger partial charge in [-0.05, 0) is 90.2 Å². The first-order valence-electron chi connectivity index (χ1n) is 17.3. The van der Waals surface area contributed by atoms with Crippen LogP contribution in [0.15, 0.2) is 90.1 Å². The number of anilines is 2. The van der Waals surface area contributed by atoms with Crippen LogP contribution < -0.4 is 16.0 Å². The van der Waals surface area contributed by atoms with Crippen LogP contribution in [-0.4, -0.2) is 80.4 Å². The van der Waals surface area contributed by atoms with Gasteiger partial charge >= 0.3 is 0 Å². The summed E-state index contributed by atoms with van der Waals surface area (Å²) in [5.41, 5.74) is 6.28. The van der Waals surface area contributed by atoms with Crippen molar-refractivity contribution < 1.29 is 29.1 Å². The molecule has 0 saturated carbocycles. The zero-order chi connectivity index (χ0) is 35.9. The normalized spacial score (nSPS) is 22.4. The lowest BCUT2D eigenvalue weighted by molar-refractivity contribution is -0.136. The highest BCUT2D eigenvalue weighted by atomic mass is 32.2. The van der Waals surface area contributed by atoms with Gasteiger partial charge < -0.3 is 15.7 Å². The summed E-state index contributed by atoms with van der Waals surface area (Å²) in [6.07, 6.45) is 4.71. The molecule has 4 aromatic rings. The van der Waals surface area contributed by atoms with Gasteiger partial charge in [-0.2, -0.15) is 0 Å². The van der Waals surface area contributed by atoms with Gasteiger partial charge in [0.05, 0.1) is 29.5 Å². The Hall–Kier alpha value is -5.37. The number of pyridine rings is 1. The molecule has 13 heteroatoms. The van der Waals surface area contributed by atoms with Crippen molar-refractivity contribution in [3.05, 3.63) is 107 Å². The fourth-order valence-electron chi connectivity index (χ4n) is 7.96. The summed E-state index contributed by atoms with van der Waals surface area (Å²) in [6, 6.07) is 22.0. The Morgan fingerprint density at radius 3 is 2.56 bits per heavy atom. The average molecular weight is 717 g/mol. The summed E-state index contributed by atoms with van der Waals surface area (Å²) >= 11 is 1.14. The molecule has 5 amide bonds. The SMILES string of the molecule is O=C1CCC(N2C(=O)c3cccc(SCC(=O)Nc4cccc(-c5ccc6c(c5)[C@H]5[C@H](CCN5Cc5ccncc5)[C@@H](CO)N6)c4)c3C2=O)C(=O)N1. The number of amides is 5. The van der Waals surface area contributed by atoms with Gasteiger partial charge in [0.25, 0.3) is 11.8 Å². The van der Waals surface area contributed by atoms with Crippen LogP contribution in [0.25, 0.3) is 11.1 Å². The molecule has 4 atom stereocenters. The van der Waals surface area contributed by atoms with E-state index >= 15 is 0 Å². The number of aliphatic hydroxyl groups excluding tert-OH is 1. The first-order chi connectivity index (χ1) is 25.3. The van der Waals surface area contributed by atoms with Crippen LogP contribution in [0, 0.1) is 5.92 Å². The van der Waals surface area contributed by atoms with Crippen LogP contribution in [-0.2, 0) is 20.9 Å². The molecule has 264 valence electrons. The molecule has 0 aliphatic carbocycles. The maximum atomic E-state index is 13.5. The van der Waals surface area contributed by atoms with Gasteiger partial charge in [-0.25, -0.2) is 0 Å². The highest BCUT2D eigenvalue weighted by Gasteiger charge is 2.46. The number of rotatable bonds is 9. The Balaban J connectivity index is 0.969. The molecule has 2 fully saturated rings. The fourth-order valence-corrected chi connectivity index (χ4v) is 8.83. The van der Waals surface area contributed by atoms with Gasteiger partial charge in [0, 0.05) is 53.6 Å². The average Bonchev–Trinajstić information content (AvgIpc) is 3.69. The third-order valence-corrected chi connectivity index (χ3v) is 11.4. The number of nitrogens with zero attached hydrogens (tertiary/aromatic N) is 3. The zero-order valence-corrected chi connectivity index (χ0v) is 28.9. The van der Waals surface area contributed by atoms with E-state index in [1.807, 2.05) is 54.9 Å². The number of nitrogens with one attached hydrogen (secondary N) is 3. The van der Waals surface area contributed by atoms with Crippen LogP contribution in [0.4, 0.5) is 11.4 Å².